The van der Waals surface area contributed by atoms with Gasteiger partial charge < -0.3 is 19.6 Å². The molecule has 0 saturated carbocycles. The molecule has 4 rings (SSSR count). The van der Waals surface area contributed by atoms with Crippen LogP contribution in [0.15, 0.2) is 43.0 Å². The fourth-order valence-electron chi connectivity index (χ4n) is 6.39. The number of likely N-dealkylation sites (tertiary alicyclic amines) is 1. The normalized spacial score (nSPS) is 30.8. The highest BCUT2D eigenvalue weighted by Crippen LogP contribution is 2.68. The number of esters is 1. The molecule has 2 amide bonds. The summed E-state index contributed by atoms with van der Waals surface area (Å²) >= 11 is 5.36. The molecule has 1 aromatic carbocycles. The Hall–Kier alpha value is -1.84. The number of benzene rings is 1. The lowest BCUT2D eigenvalue weighted by Gasteiger charge is -2.40. The van der Waals surface area contributed by atoms with Crippen LogP contribution in [-0.4, -0.2) is 79.9 Å². The summed E-state index contributed by atoms with van der Waals surface area (Å²) in [5.41, 5.74) is 0.761. The Kier molecular flexibility index (Phi) is 9.07. The molecule has 0 aliphatic carbocycles. The van der Waals surface area contributed by atoms with Gasteiger partial charge in [0.05, 0.1) is 35.8 Å². The Morgan fingerprint density at radius 2 is 2.05 bits per heavy atom. The topological polar surface area (TPSA) is 87.2 Å². The smallest absolute Gasteiger partial charge is 0.310 e. The number of rotatable bonds is 12. The summed E-state index contributed by atoms with van der Waals surface area (Å²) in [4.78, 5) is 45.3. The van der Waals surface area contributed by atoms with Gasteiger partial charge in [-0.2, -0.15) is 0 Å². The SMILES string of the molecule is C=CCN(CCCCC)C(=O)C1N([C@H](CO)c2ccccc2)C(=O)[C@@H]2[C@@H](C(=O)OCC)[C@@H]3SC12CC3Br. The summed E-state index contributed by atoms with van der Waals surface area (Å²) in [5, 5.41) is 10.4. The average Bonchev–Trinajstić information content (AvgIpc) is 3.48. The minimum atomic E-state index is -0.807. The molecular formula is C28H37BrN2O5S. The van der Waals surface area contributed by atoms with E-state index < -0.39 is 28.7 Å². The van der Waals surface area contributed by atoms with Crippen molar-refractivity contribution in [2.45, 2.75) is 66.4 Å². The molecule has 3 aliphatic rings. The highest BCUT2D eigenvalue weighted by Gasteiger charge is 2.76. The third kappa shape index (κ3) is 4.87. The molecule has 3 aliphatic heterocycles. The van der Waals surface area contributed by atoms with E-state index in [4.69, 9.17) is 4.74 Å². The van der Waals surface area contributed by atoms with E-state index in [1.165, 1.54) is 0 Å². The number of alkyl halides is 1. The summed E-state index contributed by atoms with van der Waals surface area (Å²) in [6, 6.07) is 7.83. The number of aliphatic hydroxyl groups is 1. The van der Waals surface area contributed by atoms with E-state index in [9.17, 15) is 19.5 Å². The Morgan fingerprint density at radius 1 is 1.32 bits per heavy atom. The minimum absolute atomic E-state index is 0.0246. The predicted octanol–water partition coefficient (Wildman–Crippen LogP) is 3.95. The van der Waals surface area contributed by atoms with Gasteiger partial charge in [-0.3, -0.25) is 14.4 Å². The molecular weight excluding hydrogens is 556 g/mol. The summed E-state index contributed by atoms with van der Waals surface area (Å²) in [5.74, 6) is -2.09. The van der Waals surface area contributed by atoms with Crippen molar-refractivity contribution in [1.29, 1.82) is 0 Å². The van der Waals surface area contributed by atoms with Crippen LogP contribution in [-0.2, 0) is 19.1 Å². The van der Waals surface area contributed by atoms with Gasteiger partial charge in [-0.25, -0.2) is 0 Å². The largest absolute Gasteiger partial charge is 0.466 e. The fraction of sp³-hybridized carbons (Fsp3) is 0.607. The predicted molar refractivity (Wildman–Crippen MR) is 148 cm³/mol. The minimum Gasteiger partial charge on any atom is -0.466 e. The lowest BCUT2D eigenvalue weighted by Crippen LogP contribution is -2.56. The van der Waals surface area contributed by atoms with E-state index in [0.717, 1.165) is 24.8 Å². The Morgan fingerprint density at radius 3 is 2.68 bits per heavy atom. The average molecular weight is 594 g/mol. The van der Waals surface area contributed by atoms with Gasteiger partial charge in [-0.15, -0.1) is 18.3 Å². The first-order valence-corrected chi connectivity index (χ1v) is 15.0. The van der Waals surface area contributed by atoms with Crippen LogP contribution in [0.25, 0.3) is 0 Å². The van der Waals surface area contributed by atoms with E-state index in [0.29, 0.717) is 19.5 Å². The Labute approximate surface area is 232 Å². The number of hydrogen-bond acceptors (Lipinski definition) is 6. The molecule has 3 saturated heterocycles. The Bertz CT molecular complexity index is 1010. The molecule has 7 nitrogen and oxygen atoms in total. The van der Waals surface area contributed by atoms with Crippen LogP contribution in [0.2, 0.25) is 0 Å². The zero-order chi connectivity index (χ0) is 26.7. The number of nitrogens with zero attached hydrogens (tertiary/aromatic N) is 2. The molecule has 37 heavy (non-hydrogen) atoms. The van der Waals surface area contributed by atoms with Gasteiger partial charge in [0, 0.05) is 23.2 Å². The van der Waals surface area contributed by atoms with Crippen molar-refractivity contribution in [2.75, 3.05) is 26.3 Å². The third-order valence-corrected chi connectivity index (χ3v) is 11.1. The number of ether oxygens (including phenoxy) is 1. The fourth-order valence-corrected chi connectivity index (χ4v) is 9.97. The van der Waals surface area contributed by atoms with E-state index in [2.05, 4.69) is 29.4 Å². The Balaban J connectivity index is 1.82. The number of thioether (sulfide) groups is 1. The number of carbonyl (C=O) groups is 3. The molecule has 3 fully saturated rings. The van der Waals surface area contributed by atoms with Gasteiger partial charge in [0.2, 0.25) is 11.8 Å². The van der Waals surface area contributed by atoms with E-state index in [1.807, 2.05) is 30.3 Å². The quantitative estimate of drug-likeness (QED) is 0.171. The van der Waals surface area contributed by atoms with Crippen molar-refractivity contribution in [2.24, 2.45) is 11.8 Å². The van der Waals surface area contributed by atoms with Crippen LogP contribution >= 0.6 is 27.7 Å². The van der Waals surface area contributed by atoms with Gasteiger partial charge in [0.15, 0.2) is 0 Å². The maximum Gasteiger partial charge on any atom is 0.310 e. The van der Waals surface area contributed by atoms with E-state index in [1.54, 1.807) is 34.6 Å². The molecule has 3 unspecified atom stereocenters. The van der Waals surface area contributed by atoms with Crippen LogP contribution in [0.3, 0.4) is 0 Å². The van der Waals surface area contributed by atoms with Gasteiger partial charge in [-0.1, -0.05) is 72.1 Å². The number of unbranched alkanes of at least 4 members (excludes halogenated alkanes) is 2. The molecule has 0 radical (unpaired) electrons. The van der Waals surface area contributed by atoms with Gasteiger partial charge in [0.25, 0.3) is 0 Å². The van der Waals surface area contributed by atoms with Crippen molar-refractivity contribution in [3.8, 4) is 0 Å². The van der Waals surface area contributed by atoms with E-state index >= 15 is 0 Å². The molecule has 1 N–H and O–H groups in total. The number of fused-ring (bicyclic) bond motifs is 1. The standard InChI is InChI=1S/C28H37BrN2O5S/c1-4-7-11-15-30(14-5-2)26(34)24-28-16-19(29)23(37-28)21(27(35)36-6-3)22(28)25(33)31(24)20(17-32)18-12-9-8-10-13-18/h5,8-10,12-13,19-24,32H,2,4,6-7,11,14-17H2,1,3H3/t19?,20-,21-,22+,23-,24?,28?/m1/s1. The van der Waals surface area contributed by atoms with Crippen LogP contribution < -0.4 is 0 Å². The maximum atomic E-state index is 14.4. The lowest BCUT2D eigenvalue weighted by molar-refractivity contribution is -0.154. The van der Waals surface area contributed by atoms with Crippen LogP contribution in [0.5, 0.6) is 0 Å². The third-order valence-electron chi connectivity index (χ3n) is 7.91. The van der Waals surface area contributed by atoms with E-state index in [-0.39, 0.29) is 41.1 Å². The summed E-state index contributed by atoms with van der Waals surface area (Å²) in [6.07, 6.45) is 5.19. The molecule has 9 heteroatoms. The lowest BCUT2D eigenvalue weighted by atomic mass is 9.71. The highest BCUT2D eigenvalue weighted by molar-refractivity contribution is 9.09. The second-order valence-electron chi connectivity index (χ2n) is 10.1. The number of halogens is 1. The molecule has 3 heterocycles. The maximum absolute atomic E-state index is 14.4. The van der Waals surface area contributed by atoms with Crippen molar-refractivity contribution >= 4 is 45.5 Å². The molecule has 1 spiro atoms. The van der Waals surface area contributed by atoms with Crippen molar-refractivity contribution in [3.63, 3.8) is 0 Å². The van der Waals surface area contributed by atoms with Crippen LogP contribution in [0.4, 0.5) is 0 Å². The zero-order valence-electron chi connectivity index (χ0n) is 21.6. The second-order valence-corrected chi connectivity index (χ2v) is 12.8. The summed E-state index contributed by atoms with van der Waals surface area (Å²) in [7, 11) is 0. The second kappa shape index (κ2) is 11.9. The van der Waals surface area contributed by atoms with Gasteiger partial charge in [-0.05, 0) is 25.3 Å². The number of hydrogen-bond donors (Lipinski definition) is 1. The molecule has 0 aromatic heterocycles. The van der Waals surface area contributed by atoms with Crippen LogP contribution in [0.1, 0.15) is 51.1 Å². The molecule has 1 aromatic rings. The number of amides is 2. The highest BCUT2D eigenvalue weighted by atomic mass is 79.9. The number of carbonyl (C=O) groups excluding carboxylic acids is 3. The summed E-state index contributed by atoms with van der Waals surface area (Å²) < 4.78 is 4.65. The van der Waals surface area contributed by atoms with Crippen molar-refractivity contribution < 1.29 is 24.2 Å². The first kappa shape index (κ1) is 28.2. The molecule has 202 valence electrons. The molecule has 2 bridgehead atoms. The van der Waals surface area contributed by atoms with Gasteiger partial charge >= 0.3 is 5.97 Å². The summed E-state index contributed by atoms with van der Waals surface area (Å²) in [6.45, 7) is 8.59. The van der Waals surface area contributed by atoms with Crippen molar-refractivity contribution in [1.82, 2.24) is 9.80 Å². The van der Waals surface area contributed by atoms with Crippen molar-refractivity contribution in [3.05, 3.63) is 48.6 Å². The van der Waals surface area contributed by atoms with Gasteiger partial charge in [0.1, 0.15) is 6.04 Å². The molecule has 7 atom stereocenters. The number of aliphatic hydroxyl groups excluding tert-OH is 1. The first-order valence-electron chi connectivity index (χ1n) is 13.2. The zero-order valence-corrected chi connectivity index (χ0v) is 24.0. The van der Waals surface area contributed by atoms with Crippen LogP contribution in [0, 0.1) is 11.8 Å². The monoisotopic (exact) mass is 592 g/mol. The first-order chi connectivity index (χ1) is 17.9.